The summed E-state index contributed by atoms with van der Waals surface area (Å²) in [6.45, 7) is 8.50. The van der Waals surface area contributed by atoms with Gasteiger partial charge in [-0.15, -0.1) is 0 Å². The Labute approximate surface area is 129 Å². The summed E-state index contributed by atoms with van der Waals surface area (Å²) in [6.07, 6.45) is 1.82. The topological polar surface area (TPSA) is 68.8 Å². The molecule has 2 aromatic heterocycles. The number of hydrogen-bond donors (Lipinski definition) is 1. The molecule has 6 nitrogen and oxygen atoms in total. The molecule has 2 heterocycles. The van der Waals surface area contributed by atoms with E-state index in [-0.39, 0.29) is 0 Å². The van der Waals surface area contributed by atoms with Gasteiger partial charge >= 0.3 is 0 Å². The summed E-state index contributed by atoms with van der Waals surface area (Å²) in [7, 11) is 0. The predicted molar refractivity (Wildman–Crippen MR) is 84.1 cm³/mol. The van der Waals surface area contributed by atoms with Gasteiger partial charge in [0.25, 0.3) is 0 Å². The van der Waals surface area contributed by atoms with Crippen molar-refractivity contribution in [3.05, 3.63) is 52.9 Å². The van der Waals surface area contributed by atoms with Crippen LogP contribution in [0, 0.1) is 27.7 Å². The van der Waals surface area contributed by atoms with E-state index in [1.807, 2.05) is 17.8 Å². The Morgan fingerprint density at radius 1 is 1.18 bits per heavy atom. The van der Waals surface area contributed by atoms with Crippen molar-refractivity contribution in [3.8, 4) is 5.69 Å². The standard InChI is InChI=1S/C16H19N5O/c1-10-5-6-11(2)15(7-10)21-12(3)14(8-18-21)17-9-16-19-13(4)20-22-16/h5-8,17H,9H2,1-4H3. The molecule has 6 heteroatoms. The lowest BCUT2D eigenvalue weighted by Crippen LogP contribution is -2.04. The highest BCUT2D eigenvalue weighted by Crippen LogP contribution is 2.22. The second kappa shape index (κ2) is 5.63. The summed E-state index contributed by atoms with van der Waals surface area (Å²) in [6, 6.07) is 6.36. The van der Waals surface area contributed by atoms with E-state index >= 15 is 0 Å². The number of aryl methyl sites for hydroxylation is 3. The van der Waals surface area contributed by atoms with E-state index < -0.39 is 0 Å². The fraction of sp³-hybridized carbons (Fsp3) is 0.312. The maximum absolute atomic E-state index is 5.10. The SMILES string of the molecule is Cc1ccc(C)c(-n2ncc(NCc3nc(C)no3)c2C)c1. The van der Waals surface area contributed by atoms with Crippen molar-refractivity contribution in [2.24, 2.45) is 0 Å². The molecule has 3 rings (SSSR count). The molecule has 0 amide bonds. The third-order valence-electron chi connectivity index (χ3n) is 3.60. The van der Waals surface area contributed by atoms with Crippen LogP contribution in [0.4, 0.5) is 5.69 Å². The monoisotopic (exact) mass is 297 g/mol. The summed E-state index contributed by atoms with van der Waals surface area (Å²) in [5, 5.41) is 11.6. The lowest BCUT2D eigenvalue weighted by molar-refractivity contribution is 0.379. The van der Waals surface area contributed by atoms with Gasteiger partial charge in [0.05, 0.1) is 29.8 Å². The van der Waals surface area contributed by atoms with Crippen LogP contribution in [0.15, 0.2) is 28.9 Å². The molecule has 0 aliphatic heterocycles. The Balaban J connectivity index is 1.84. The summed E-state index contributed by atoms with van der Waals surface area (Å²) in [4.78, 5) is 4.18. The van der Waals surface area contributed by atoms with Crippen LogP contribution in [0.25, 0.3) is 5.69 Å². The normalized spacial score (nSPS) is 10.9. The molecule has 0 atom stereocenters. The number of benzene rings is 1. The first-order valence-corrected chi connectivity index (χ1v) is 7.20. The zero-order valence-corrected chi connectivity index (χ0v) is 13.2. The molecule has 0 radical (unpaired) electrons. The molecule has 0 spiro atoms. The number of anilines is 1. The van der Waals surface area contributed by atoms with E-state index in [0.29, 0.717) is 18.3 Å². The van der Waals surface area contributed by atoms with Gasteiger partial charge in [0.2, 0.25) is 5.89 Å². The number of aromatic nitrogens is 4. The highest BCUT2D eigenvalue weighted by Gasteiger charge is 2.11. The van der Waals surface area contributed by atoms with Gasteiger partial charge in [-0.05, 0) is 44.9 Å². The first-order valence-electron chi connectivity index (χ1n) is 7.20. The third kappa shape index (κ3) is 2.72. The number of nitrogens with zero attached hydrogens (tertiary/aromatic N) is 4. The van der Waals surface area contributed by atoms with Crippen LogP contribution in [0.2, 0.25) is 0 Å². The van der Waals surface area contributed by atoms with Crippen LogP contribution in [0.1, 0.15) is 28.5 Å². The molecule has 0 saturated heterocycles. The molecular weight excluding hydrogens is 278 g/mol. The molecule has 0 fully saturated rings. The van der Waals surface area contributed by atoms with Gasteiger partial charge in [0, 0.05) is 0 Å². The van der Waals surface area contributed by atoms with Crippen LogP contribution in [-0.2, 0) is 6.54 Å². The van der Waals surface area contributed by atoms with Gasteiger partial charge in [-0.3, -0.25) is 0 Å². The van der Waals surface area contributed by atoms with Gasteiger partial charge in [0.1, 0.15) is 0 Å². The molecule has 1 N–H and O–H groups in total. The van der Waals surface area contributed by atoms with E-state index in [0.717, 1.165) is 17.1 Å². The maximum Gasteiger partial charge on any atom is 0.245 e. The number of nitrogens with one attached hydrogen (secondary N) is 1. The molecule has 0 unspecified atom stereocenters. The first-order chi connectivity index (χ1) is 10.5. The second-order valence-electron chi connectivity index (χ2n) is 5.43. The van der Waals surface area contributed by atoms with Crippen molar-refractivity contribution in [1.82, 2.24) is 19.9 Å². The predicted octanol–water partition coefficient (Wildman–Crippen LogP) is 3.10. The summed E-state index contributed by atoms with van der Waals surface area (Å²) >= 11 is 0. The number of hydrogen-bond acceptors (Lipinski definition) is 5. The van der Waals surface area contributed by atoms with Crippen LogP contribution in [0.3, 0.4) is 0 Å². The summed E-state index contributed by atoms with van der Waals surface area (Å²) < 4.78 is 7.05. The van der Waals surface area contributed by atoms with Crippen LogP contribution < -0.4 is 5.32 Å². The Bertz CT molecular complexity index is 803. The van der Waals surface area contributed by atoms with E-state index in [2.05, 4.69) is 52.6 Å². The Morgan fingerprint density at radius 3 is 2.73 bits per heavy atom. The van der Waals surface area contributed by atoms with E-state index in [1.165, 1.54) is 11.1 Å². The highest BCUT2D eigenvalue weighted by molar-refractivity contribution is 5.51. The largest absolute Gasteiger partial charge is 0.373 e. The fourth-order valence-corrected chi connectivity index (χ4v) is 2.36. The van der Waals surface area contributed by atoms with Gasteiger partial charge in [-0.1, -0.05) is 17.3 Å². The van der Waals surface area contributed by atoms with Crippen molar-refractivity contribution in [2.75, 3.05) is 5.32 Å². The lowest BCUT2D eigenvalue weighted by atomic mass is 10.1. The molecule has 22 heavy (non-hydrogen) atoms. The molecular formula is C16H19N5O. The van der Waals surface area contributed by atoms with Crippen LogP contribution >= 0.6 is 0 Å². The van der Waals surface area contributed by atoms with Gasteiger partial charge in [-0.25, -0.2) is 4.68 Å². The minimum absolute atomic E-state index is 0.486. The molecule has 114 valence electrons. The van der Waals surface area contributed by atoms with Crippen molar-refractivity contribution in [1.29, 1.82) is 0 Å². The molecule has 1 aromatic carbocycles. The van der Waals surface area contributed by atoms with Crippen molar-refractivity contribution in [2.45, 2.75) is 34.2 Å². The minimum atomic E-state index is 0.486. The Kier molecular flexibility index (Phi) is 3.66. The van der Waals surface area contributed by atoms with E-state index in [4.69, 9.17) is 4.52 Å². The van der Waals surface area contributed by atoms with Gasteiger partial charge in [-0.2, -0.15) is 10.1 Å². The van der Waals surface area contributed by atoms with Crippen LogP contribution in [0.5, 0.6) is 0 Å². The average Bonchev–Trinajstić information content (AvgIpc) is 3.06. The summed E-state index contributed by atoms with van der Waals surface area (Å²) in [5.74, 6) is 1.20. The molecule has 0 saturated carbocycles. The third-order valence-corrected chi connectivity index (χ3v) is 3.60. The summed E-state index contributed by atoms with van der Waals surface area (Å²) in [5.41, 5.74) is 5.50. The molecule has 0 bridgehead atoms. The quantitative estimate of drug-likeness (QED) is 0.801. The lowest BCUT2D eigenvalue weighted by Gasteiger charge is -2.10. The van der Waals surface area contributed by atoms with E-state index in [9.17, 15) is 0 Å². The Hall–Kier alpha value is -2.63. The van der Waals surface area contributed by atoms with Gasteiger partial charge in [0.15, 0.2) is 5.82 Å². The van der Waals surface area contributed by atoms with Crippen molar-refractivity contribution < 1.29 is 4.52 Å². The van der Waals surface area contributed by atoms with Gasteiger partial charge < -0.3 is 9.84 Å². The van der Waals surface area contributed by atoms with Crippen molar-refractivity contribution >= 4 is 5.69 Å². The fourth-order valence-electron chi connectivity index (χ4n) is 2.36. The van der Waals surface area contributed by atoms with E-state index in [1.54, 1.807) is 6.92 Å². The minimum Gasteiger partial charge on any atom is -0.373 e. The first kappa shape index (κ1) is 14.3. The second-order valence-corrected chi connectivity index (χ2v) is 5.43. The maximum atomic E-state index is 5.10. The number of rotatable bonds is 4. The van der Waals surface area contributed by atoms with Crippen molar-refractivity contribution in [3.63, 3.8) is 0 Å². The average molecular weight is 297 g/mol. The zero-order chi connectivity index (χ0) is 15.7. The zero-order valence-electron chi connectivity index (χ0n) is 13.2. The van der Waals surface area contributed by atoms with Crippen LogP contribution in [-0.4, -0.2) is 19.9 Å². The smallest absolute Gasteiger partial charge is 0.245 e. The molecule has 3 aromatic rings. The highest BCUT2D eigenvalue weighted by atomic mass is 16.5. The Morgan fingerprint density at radius 2 is 2.00 bits per heavy atom. The molecule has 0 aliphatic rings. The molecule has 0 aliphatic carbocycles.